The molecular formula is C29H28N4O4. The summed E-state index contributed by atoms with van der Waals surface area (Å²) < 4.78 is 16.4. The Morgan fingerprint density at radius 2 is 1.68 bits per heavy atom. The molecule has 1 aliphatic heterocycles. The molecule has 5 rings (SSSR count). The lowest BCUT2D eigenvalue weighted by Crippen LogP contribution is -2.45. The van der Waals surface area contributed by atoms with Crippen molar-refractivity contribution in [2.45, 2.75) is 26.4 Å². The summed E-state index contributed by atoms with van der Waals surface area (Å²) in [5.41, 5.74) is 5.28. The fourth-order valence-electron chi connectivity index (χ4n) is 4.40. The zero-order valence-corrected chi connectivity index (χ0v) is 21.2. The number of hydrogen-bond acceptors (Lipinski definition) is 6. The van der Waals surface area contributed by atoms with Gasteiger partial charge in [0.15, 0.2) is 0 Å². The van der Waals surface area contributed by atoms with Crippen molar-refractivity contribution in [1.29, 1.82) is 0 Å². The van der Waals surface area contributed by atoms with Crippen molar-refractivity contribution in [1.82, 2.24) is 20.4 Å². The first-order chi connectivity index (χ1) is 18.0. The number of rotatable bonds is 7. The predicted molar refractivity (Wildman–Crippen MR) is 140 cm³/mol. The van der Waals surface area contributed by atoms with Gasteiger partial charge in [-0.3, -0.25) is 4.90 Å². The van der Waals surface area contributed by atoms with Crippen LogP contribution in [0.5, 0.6) is 11.5 Å². The average Bonchev–Trinajstić information content (AvgIpc) is 3.41. The number of hydrogen-bond donors (Lipinski definition) is 1. The quantitative estimate of drug-likeness (QED) is 0.350. The van der Waals surface area contributed by atoms with E-state index in [2.05, 4.69) is 10.5 Å². The zero-order chi connectivity index (χ0) is 25.9. The standard InChI is InChI=1S/C29H28N4O4/c1-18-8-10-21(11-9-18)26-25(28-31-27(32-37-28)22-12-14-23(35-3)15-13-22)19(2)33(29(34)30-26)17-20-6-5-7-24(16-20)36-4/h5-16,26H,17H2,1-4H3,(H,30,34). The summed E-state index contributed by atoms with van der Waals surface area (Å²) in [5.74, 6) is 2.28. The van der Waals surface area contributed by atoms with Gasteiger partial charge in [0.05, 0.1) is 32.4 Å². The molecule has 1 aliphatic rings. The molecule has 8 nitrogen and oxygen atoms in total. The molecule has 0 aliphatic carbocycles. The Morgan fingerprint density at radius 3 is 2.38 bits per heavy atom. The highest BCUT2D eigenvalue weighted by Crippen LogP contribution is 2.38. The molecule has 37 heavy (non-hydrogen) atoms. The van der Waals surface area contributed by atoms with E-state index in [9.17, 15) is 4.79 Å². The lowest BCUT2D eigenvalue weighted by molar-refractivity contribution is 0.203. The second-order valence-electron chi connectivity index (χ2n) is 8.88. The molecule has 0 spiro atoms. The Morgan fingerprint density at radius 1 is 0.946 bits per heavy atom. The first-order valence-corrected chi connectivity index (χ1v) is 11.9. The second kappa shape index (κ2) is 10.2. The molecule has 0 saturated heterocycles. The van der Waals surface area contributed by atoms with E-state index in [1.165, 1.54) is 0 Å². The maximum Gasteiger partial charge on any atom is 0.322 e. The number of aromatic nitrogens is 2. The largest absolute Gasteiger partial charge is 0.497 e. The molecule has 0 fully saturated rings. The van der Waals surface area contributed by atoms with Gasteiger partial charge < -0.3 is 19.3 Å². The van der Waals surface area contributed by atoms with Crippen LogP contribution in [0.1, 0.15) is 35.5 Å². The summed E-state index contributed by atoms with van der Waals surface area (Å²) in [5, 5.41) is 7.38. The molecule has 1 aromatic heterocycles. The Balaban J connectivity index is 1.57. The normalized spacial score (nSPS) is 15.5. The number of ether oxygens (including phenoxy) is 2. The number of urea groups is 1. The van der Waals surface area contributed by atoms with Gasteiger partial charge >= 0.3 is 6.03 Å². The van der Waals surface area contributed by atoms with Gasteiger partial charge in [-0.2, -0.15) is 4.98 Å². The lowest BCUT2D eigenvalue weighted by Gasteiger charge is -2.35. The van der Waals surface area contributed by atoms with Crippen LogP contribution in [-0.2, 0) is 6.54 Å². The lowest BCUT2D eigenvalue weighted by atomic mass is 9.94. The number of carbonyl (C=O) groups is 1. The number of benzene rings is 3. The van der Waals surface area contributed by atoms with Crippen LogP contribution < -0.4 is 14.8 Å². The van der Waals surface area contributed by atoms with Crippen molar-refractivity contribution < 1.29 is 18.8 Å². The molecule has 0 radical (unpaired) electrons. The molecule has 1 unspecified atom stereocenters. The average molecular weight is 497 g/mol. The van der Waals surface area contributed by atoms with E-state index in [4.69, 9.17) is 19.0 Å². The van der Waals surface area contributed by atoms with Gasteiger partial charge in [0, 0.05) is 11.3 Å². The minimum atomic E-state index is -0.446. The maximum atomic E-state index is 13.3. The third-order valence-corrected chi connectivity index (χ3v) is 6.49. The highest BCUT2D eigenvalue weighted by atomic mass is 16.5. The molecular weight excluding hydrogens is 468 g/mol. The van der Waals surface area contributed by atoms with E-state index in [1.54, 1.807) is 19.1 Å². The molecule has 2 amide bonds. The number of allylic oxidation sites excluding steroid dienone is 1. The highest BCUT2D eigenvalue weighted by Gasteiger charge is 2.35. The van der Waals surface area contributed by atoms with Crippen LogP contribution in [0.4, 0.5) is 4.79 Å². The smallest absolute Gasteiger partial charge is 0.322 e. The van der Waals surface area contributed by atoms with Crippen molar-refractivity contribution in [3.63, 3.8) is 0 Å². The molecule has 0 bridgehead atoms. The summed E-state index contributed by atoms with van der Waals surface area (Å²) in [6.07, 6.45) is 0. The summed E-state index contributed by atoms with van der Waals surface area (Å²) in [4.78, 5) is 19.8. The number of amides is 2. The minimum Gasteiger partial charge on any atom is -0.497 e. The van der Waals surface area contributed by atoms with E-state index in [0.717, 1.165) is 45.0 Å². The van der Waals surface area contributed by atoms with Crippen LogP contribution in [0.3, 0.4) is 0 Å². The van der Waals surface area contributed by atoms with Gasteiger partial charge in [-0.15, -0.1) is 0 Å². The summed E-state index contributed by atoms with van der Waals surface area (Å²) in [7, 11) is 3.24. The first-order valence-electron chi connectivity index (χ1n) is 11.9. The van der Waals surface area contributed by atoms with Gasteiger partial charge in [-0.1, -0.05) is 47.1 Å². The van der Waals surface area contributed by atoms with Crippen molar-refractivity contribution in [2.75, 3.05) is 14.2 Å². The monoisotopic (exact) mass is 496 g/mol. The van der Waals surface area contributed by atoms with Gasteiger partial charge in [0.1, 0.15) is 11.5 Å². The van der Waals surface area contributed by atoms with Gasteiger partial charge in [-0.05, 0) is 61.4 Å². The predicted octanol–water partition coefficient (Wildman–Crippen LogP) is 5.76. The van der Waals surface area contributed by atoms with E-state index >= 15 is 0 Å². The maximum absolute atomic E-state index is 13.3. The van der Waals surface area contributed by atoms with Crippen LogP contribution in [0.2, 0.25) is 0 Å². The van der Waals surface area contributed by atoms with E-state index in [-0.39, 0.29) is 6.03 Å². The van der Waals surface area contributed by atoms with E-state index < -0.39 is 6.04 Å². The molecule has 1 N–H and O–H groups in total. The zero-order valence-electron chi connectivity index (χ0n) is 21.2. The summed E-state index contributed by atoms with van der Waals surface area (Å²) in [6.45, 7) is 4.30. The Bertz CT molecular complexity index is 1440. The molecule has 4 aromatic rings. The third-order valence-electron chi connectivity index (χ3n) is 6.49. The first kappa shape index (κ1) is 24.1. The van der Waals surface area contributed by atoms with Gasteiger partial charge in [-0.25, -0.2) is 4.79 Å². The molecule has 8 heteroatoms. The number of nitrogens with one attached hydrogen (secondary N) is 1. The van der Waals surface area contributed by atoms with Crippen LogP contribution in [0, 0.1) is 6.92 Å². The topological polar surface area (TPSA) is 89.7 Å². The highest BCUT2D eigenvalue weighted by molar-refractivity contribution is 5.87. The fraction of sp³-hybridized carbons (Fsp3) is 0.207. The van der Waals surface area contributed by atoms with Crippen LogP contribution in [-0.4, -0.2) is 35.3 Å². The number of methoxy groups -OCH3 is 2. The molecule has 0 saturated carbocycles. The number of aryl methyl sites for hydroxylation is 1. The summed E-state index contributed by atoms with van der Waals surface area (Å²) >= 11 is 0. The van der Waals surface area contributed by atoms with Crippen LogP contribution in [0.15, 0.2) is 83.0 Å². The van der Waals surface area contributed by atoms with Crippen molar-refractivity contribution in [3.05, 3.63) is 101 Å². The fourth-order valence-corrected chi connectivity index (χ4v) is 4.40. The van der Waals surface area contributed by atoms with Crippen molar-refractivity contribution >= 4 is 11.6 Å². The Kier molecular flexibility index (Phi) is 6.64. The SMILES string of the molecule is COc1ccc(-c2noc(C3=C(C)N(Cc4cccc(OC)c4)C(=O)NC3c3ccc(C)cc3)n2)cc1. The molecule has 188 valence electrons. The van der Waals surface area contributed by atoms with Crippen LogP contribution in [0.25, 0.3) is 17.0 Å². The number of carbonyl (C=O) groups excluding carboxylic acids is 1. The Hall–Kier alpha value is -4.59. The second-order valence-corrected chi connectivity index (χ2v) is 8.88. The third kappa shape index (κ3) is 4.91. The molecule has 3 aromatic carbocycles. The van der Waals surface area contributed by atoms with Crippen LogP contribution >= 0.6 is 0 Å². The number of nitrogens with zero attached hydrogens (tertiary/aromatic N) is 3. The minimum absolute atomic E-state index is 0.204. The van der Waals surface area contributed by atoms with Gasteiger partial charge in [0.25, 0.3) is 5.89 Å². The molecule has 1 atom stereocenters. The van der Waals surface area contributed by atoms with Crippen molar-refractivity contribution in [3.8, 4) is 22.9 Å². The van der Waals surface area contributed by atoms with E-state index in [0.29, 0.717) is 18.3 Å². The van der Waals surface area contributed by atoms with Gasteiger partial charge in [0.2, 0.25) is 5.82 Å². The Labute approximate surface area is 215 Å². The van der Waals surface area contributed by atoms with E-state index in [1.807, 2.05) is 86.6 Å². The van der Waals surface area contributed by atoms with Crippen molar-refractivity contribution in [2.24, 2.45) is 0 Å². The summed E-state index contributed by atoms with van der Waals surface area (Å²) in [6, 6.07) is 22.5. The molecule has 2 heterocycles.